The van der Waals surface area contributed by atoms with Crippen molar-refractivity contribution in [1.82, 2.24) is 9.97 Å². The fourth-order valence-corrected chi connectivity index (χ4v) is 2.03. The summed E-state index contributed by atoms with van der Waals surface area (Å²) < 4.78 is 4.96. The van der Waals surface area contributed by atoms with Crippen molar-refractivity contribution in [3.8, 4) is 0 Å². The van der Waals surface area contributed by atoms with Gasteiger partial charge in [-0.25, -0.2) is 14.8 Å². The van der Waals surface area contributed by atoms with Crippen molar-refractivity contribution >= 4 is 23.3 Å². The zero-order valence-electron chi connectivity index (χ0n) is 13.3. The maximum absolute atomic E-state index is 11.7. The number of carbonyl (C=O) groups is 1. The molecule has 23 heavy (non-hydrogen) atoms. The molecule has 1 aromatic heterocycles. The number of aryl methyl sites for hydroxylation is 2. The van der Waals surface area contributed by atoms with Crippen LogP contribution in [0.2, 0.25) is 0 Å². The minimum absolute atomic E-state index is 0.172. The fourth-order valence-electron chi connectivity index (χ4n) is 2.03. The smallest absolute Gasteiger partial charge is 0.411 e. The van der Waals surface area contributed by atoms with Crippen LogP contribution in [-0.4, -0.2) is 22.7 Å². The molecule has 0 saturated heterocycles. The first-order chi connectivity index (χ1) is 11.1. The van der Waals surface area contributed by atoms with Gasteiger partial charge in [0.15, 0.2) is 0 Å². The van der Waals surface area contributed by atoms with Gasteiger partial charge in [0.1, 0.15) is 18.8 Å². The molecule has 0 aliphatic carbocycles. The quantitative estimate of drug-likeness (QED) is 0.793. The molecular weight excluding hydrogens is 292 g/mol. The van der Waals surface area contributed by atoms with E-state index in [4.69, 9.17) is 4.74 Å². The van der Waals surface area contributed by atoms with Gasteiger partial charge in [-0.3, -0.25) is 5.32 Å². The molecule has 0 aliphatic rings. The minimum Gasteiger partial charge on any atom is -0.445 e. The van der Waals surface area contributed by atoms with Crippen LogP contribution < -0.4 is 10.6 Å². The Balaban J connectivity index is 2.17. The second-order valence-electron chi connectivity index (χ2n) is 4.91. The van der Waals surface area contributed by atoms with E-state index in [2.05, 4.69) is 27.2 Å². The van der Waals surface area contributed by atoms with E-state index in [1.165, 1.54) is 12.4 Å². The van der Waals surface area contributed by atoms with Gasteiger partial charge >= 0.3 is 6.09 Å². The Morgan fingerprint density at radius 2 is 2.17 bits per heavy atom. The summed E-state index contributed by atoms with van der Waals surface area (Å²) in [6.45, 7) is 7.61. The second-order valence-corrected chi connectivity index (χ2v) is 4.91. The molecule has 1 amide bonds. The molecule has 0 unspecified atom stereocenters. The molecule has 2 N–H and O–H groups in total. The first-order valence-corrected chi connectivity index (χ1v) is 7.35. The van der Waals surface area contributed by atoms with Crippen molar-refractivity contribution in [1.29, 1.82) is 0 Å². The summed E-state index contributed by atoms with van der Waals surface area (Å²) in [6.07, 6.45) is 3.32. The van der Waals surface area contributed by atoms with E-state index in [0.717, 1.165) is 23.4 Å². The average Bonchev–Trinajstić information content (AvgIpc) is 2.53. The van der Waals surface area contributed by atoms with Gasteiger partial charge in [-0.05, 0) is 31.0 Å². The number of benzene rings is 1. The summed E-state index contributed by atoms with van der Waals surface area (Å²) in [4.78, 5) is 20.0. The van der Waals surface area contributed by atoms with Crippen LogP contribution in [0.5, 0.6) is 0 Å². The van der Waals surface area contributed by atoms with Crippen molar-refractivity contribution in [3.63, 3.8) is 0 Å². The van der Waals surface area contributed by atoms with Crippen LogP contribution >= 0.6 is 0 Å². The van der Waals surface area contributed by atoms with Crippen LogP contribution in [0.3, 0.4) is 0 Å². The first kappa shape index (κ1) is 16.5. The van der Waals surface area contributed by atoms with Crippen LogP contribution in [0.4, 0.5) is 22.0 Å². The molecule has 0 radical (unpaired) electrons. The number of nitrogens with one attached hydrogen (secondary N) is 2. The van der Waals surface area contributed by atoms with Gasteiger partial charge in [0.25, 0.3) is 0 Å². The predicted octanol–water partition coefficient (Wildman–Crippen LogP) is 3.83. The van der Waals surface area contributed by atoms with E-state index in [9.17, 15) is 4.79 Å². The molecule has 6 heteroatoms. The lowest BCUT2D eigenvalue weighted by Crippen LogP contribution is -2.15. The number of carbonyl (C=O) groups excluding carboxylic acids is 1. The van der Waals surface area contributed by atoms with Gasteiger partial charge in [0.05, 0.1) is 0 Å². The number of hydrogen-bond donors (Lipinski definition) is 2. The third-order valence-corrected chi connectivity index (χ3v) is 3.14. The summed E-state index contributed by atoms with van der Waals surface area (Å²) in [5, 5.41) is 5.95. The van der Waals surface area contributed by atoms with Crippen LogP contribution in [0, 0.1) is 6.92 Å². The third kappa shape index (κ3) is 4.81. The Bertz CT molecular complexity index is 701. The molecule has 120 valence electrons. The highest BCUT2D eigenvalue weighted by molar-refractivity contribution is 5.87. The number of amides is 1. The van der Waals surface area contributed by atoms with Gasteiger partial charge in [0, 0.05) is 23.1 Å². The van der Waals surface area contributed by atoms with Crippen molar-refractivity contribution < 1.29 is 9.53 Å². The maximum atomic E-state index is 11.7. The summed E-state index contributed by atoms with van der Waals surface area (Å²) in [6, 6.07) is 7.60. The lowest BCUT2D eigenvalue weighted by molar-refractivity contribution is 0.174. The highest BCUT2D eigenvalue weighted by Crippen LogP contribution is 2.24. The standard InChI is InChI=1S/C17H20N4O2/c1-4-8-23-17(22)21-15-10-14(7-6-13(15)5-2)20-16-9-12(3)18-11-19-16/h4,6-7,9-11H,1,5,8H2,2-3H3,(H,21,22)(H,18,19,20). The Labute approximate surface area is 135 Å². The van der Waals surface area contributed by atoms with Crippen molar-refractivity contribution in [3.05, 3.63) is 54.5 Å². The van der Waals surface area contributed by atoms with Crippen LogP contribution in [-0.2, 0) is 11.2 Å². The normalized spacial score (nSPS) is 10.0. The van der Waals surface area contributed by atoms with Crippen LogP contribution in [0.15, 0.2) is 43.2 Å². The van der Waals surface area contributed by atoms with Gasteiger partial charge in [-0.1, -0.05) is 25.6 Å². The van der Waals surface area contributed by atoms with E-state index < -0.39 is 6.09 Å². The van der Waals surface area contributed by atoms with E-state index in [-0.39, 0.29) is 6.61 Å². The molecule has 0 aliphatic heterocycles. The fraction of sp³-hybridized carbons (Fsp3) is 0.235. The second kappa shape index (κ2) is 7.93. The van der Waals surface area contributed by atoms with Gasteiger partial charge < -0.3 is 10.1 Å². The third-order valence-electron chi connectivity index (χ3n) is 3.14. The Kier molecular flexibility index (Phi) is 5.68. The Hall–Kier alpha value is -2.89. The van der Waals surface area contributed by atoms with Crippen LogP contribution in [0.1, 0.15) is 18.2 Å². The predicted molar refractivity (Wildman–Crippen MR) is 91.0 cm³/mol. The summed E-state index contributed by atoms with van der Waals surface area (Å²) in [5.74, 6) is 0.696. The molecule has 2 rings (SSSR count). The lowest BCUT2D eigenvalue weighted by Gasteiger charge is -2.13. The van der Waals surface area contributed by atoms with Crippen LogP contribution in [0.25, 0.3) is 0 Å². The van der Waals surface area contributed by atoms with E-state index in [0.29, 0.717) is 11.5 Å². The molecule has 2 aromatic rings. The molecule has 6 nitrogen and oxygen atoms in total. The number of anilines is 3. The molecule has 0 fully saturated rings. The number of aromatic nitrogens is 2. The first-order valence-electron chi connectivity index (χ1n) is 7.35. The molecule has 1 aromatic carbocycles. The molecule has 0 spiro atoms. The number of ether oxygens (including phenoxy) is 1. The van der Waals surface area contributed by atoms with Gasteiger partial charge in [0.2, 0.25) is 0 Å². The zero-order chi connectivity index (χ0) is 16.7. The average molecular weight is 312 g/mol. The SMILES string of the molecule is C=CCOC(=O)Nc1cc(Nc2cc(C)ncn2)ccc1CC. The topological polar surface area (TPSA) is 76.1 Å². The molecule has 1 heterocycles. The van der Waals surface area contributed by atoms with Gasteiger partial charge in [-0.2, -0.15) is 0 Å². The van der Waals surface area contributed by atoms with Crippen molar-refractivity contribution in [2.45, 2.75) is 20.3 Å². The summed E-state index contributed by atoms with van der Waals surface area (Å²) in [7, 11) is 0. The number of rotatable bonds is 6. The molecule has 0 bridgehead atoms. The number of nitrogens with zero attached hydrogens (tertiary/aromatic N) is 2. The number of hydrogen-bond acceptors (Lipinski definition) is 5. The zero-order valence-corrected chi connectivity index (χ0v) is 13.3. The maximum Gasteiger partial charge on any atom is 0.411 e. The molecular formula is C17H20N4O2. The van der Waals surface area contributed by atoms with E-state index in [1.807, 2.05) is 38.1 Å². The Morgan fingerprint density at radius 3 is 2.87 bits per heavy atom. The lowest BCUT2D eigenvalue weighted by atomic mass is 10.1. The highest BCUT2D eigenvalue weighted by atomic mass is 16.5. The van der Waals surface area contributed by atoms with Gasteiger partial charge in [-0.15, -0.1) is 0 Å². The van der Waals surface area contributed by atoms with E-state index in [1.54, 1.807) is 0 Å². The largest absolute Gasteiger partial charge is 0.445 e. The minimum atomic E-state index is -0.505. The van der Waals surface area contributed by atoms with E-state index >= 15 is 0 Å². The molecule has 0 atom stereocenters. The summed E-state index contributed by atoms with van der Waals surface area (Å²) in [5.41, 5.74) is 3.42. The van der Waals surface area contributed by atoms with Crippen molar-refractivity contribution in [2.24, 2.45) is 0 Å². The van der Waals surface area contributed by atoms with Crippen molar-refractivity contribution in [2.75, 3.05) is 17.2 Å². The monoisotopic (exact) mass is 312 g/mol. The molecule has 0 saturated carbocycles. The Morgan fingerprint density at radius 1 is 1.35 bits per heavy atom. The highest BCUT2D eigenvalue weighted by Gasteiger charge is 2.08. The summed E-state index contributed by atoms with van der Waals surface area (Å²) >= 11 is 0.